The van der Waals surface area contributed by atoms with Crippen LogP contribution in [0.25, 0.3) is 0 Å². The molecule has 0 bridgehead atoms. The molecule has 3 nitrogen and oxygen atoms in total. The van der Waals surface area contributed by atoms with E-state index < -0.39 is 0 Å². The molecule has 0 aliphatic carbocycles. The molecule has 0 spiro atoms. The van der Waals surface area contributed by atoms with Crippen LogP contribution in [-0.4, -0.2) is 25.3 Å². The largest absolute Gasteiger partial charge is 0.497 e. The predicted molar refractivity (Wildman–Crippen MR) is 67.8 cm³/mol. The van der Waals surface area contributed by atoms with Crippen molar-refractivity contribution in [2.24, 2.45) is 0 Å². The van der Waals surface area contributed by atoms with Crippen LogP contribution < -0.4 is 10.1 Å². The number of carbonyl (C=O) groups excluding carboxylic acids is 1. The van der Waals surface area contributed by atoms with E-state index in [0.29, 0.717) is 12.3 Å². The lowest BCUT2D eigenvalue weighted by molar-refractivity contribution is -0.118. The highest BCUT2D eigenvalue weighted by Gasteiger charge is 2.00. The van der Waals surface area contributed by atoms with Gasteiger partial charge in [-0.25, -0.2) is 0 Å². The number of ether oxygens (including phenoxy) is 1. The van der Waals surface area contributed by atoms with E-state index in [9.17, 15) is 4.79 Å². The van der Waals surface area contributed by atoms with Crippen LogP contribution in [-0.2, 0) is 10.5 Å². The molecule has 0 radical (unpaired) electrons. The van der Waals surface area contributed by atoms with Gasteiger partial charge in [0, 0.05) is 12.3 Å². The maximum Gasteiger partial charge on any atom is 0.229 e. The second-order valence-electron chi connectivity index (χ2n) is 3.29. The minimum absolute atomic E-state index is 0.0982. The Hall–Kier alpha value is -1.16. The Morgan fingerprint density at radius 3 is 2.62 bits per heavy atom. The van der Waals surface area contributed by atoms with Gasteiger partial charge in [0.15, 0.2) is 0 Å². The fourth-order valence-corrected chi connectivity index (χ4v) is 2.05. The van der Waals surface area contributed by atoms with Crippen molar-refractivity contribution in [3.63, 3.8) is 0 Å². The smallest absolute Gasteiger partial charge is 0.229 e. The Bertz CT molecular complexity index is 324. The number of amides is 1. The van der Waals surface area contributed by atoms with Gasteiger partial charge in [0.1, 0.15) is 5.75 Å². The third-order valence-corrected chi connectivity index (χ3v) is 3.04. The number of hydrogen-bond acceptors (Lipinski definition) is 3. The number of thioether (sulfide) groups is 1. The number of nitrogens with one attached hydrogen (secondary N) is 1. The van der Waals surface area contributed by atoms with Crippen LogP contribution in [0.5, 0.6) is 5.75 Å². The van der Waals surface area contributed by atoms with Crippen LogP contribution in [0.1, 0.15) is 12.5 Å². The van der Waals surface area contributed by atoms with Crippen molar-refractivity contribution >= 4 is 17.7 Å². The molecule has 0 saturated carbocycles. The van der Waals surface area contributed by atoms with Crippen molar-refractivity contribution in [2.75, 3.05) is 19.4 Å². The van der Waals surface area contributed by atoms with Gasteiger partial charge in [0.2, 0.25) is 5.91 Å². The topological polar surface area (TPSA) is 38.3 Å². The van der Waals surface area contributed by atoms with Gasteiger partial charge < -0.3 is 10.1 Å². The van der Waals surface area contributed by atoms with E-state index >= 15 is 0 Å². The first kappa shape index (κ1) is 12.9. The summed E-state index contributed by atoms with van der Waals surface area (Å²) in [6.45, 7) is 2.62. The molecule has 4 heteroatoms. The minimum Gasteiger partial charge on any atom is -0.497 e. The van der Waals surface area contributed by atoms with E-state index in [1.807, 2.05) is 31.2 Å². The summed E-state index contributed by atoms with van der Waals surface area (Å²) in [5.41, 5.74) is 1.20. The van der Waals surface area contributed by atoms with Gasteiger partial charge in [0.05, 0.1) is 12.9 Å². The van der Waals surface area contributed by atoms with Crippen LogP contribution in [0.4, 0.5) is 0 Å². The van der Waals surface area contributed by atoms with Gasteiger partial charge in [-0.2, -0.15) is 0 Å². The highest BCUT2D eigenvalue weighted by atomic mass is 32.2. The maximum absolute atomic E-state index is 11.2. The number of benzene rings is 1. The zero-order valence-electron chi connectivity index (χ0n) is 9.66. The molecule has 1 aromatic rings. The second-order valence-corrected chi connectivity index (χ2v) is 4.28. The Balaban J connectivity index is 2.29. The van der Waals surface area contributed by atoms with Crippen molar-refractivity contribution in [3.05, 3.63) is 29.8 Å². The molecule has 0 heterocycles. The molecule has 1 amide bonds. The molecule has 1 aromatic carbocycles. The third kappa shape index (κ3) is 4.57. The van der Waals surface area contributed by atoms with Crippen LogP contribution in [0.3, 0.4) is 0 Å². The Morgan fingerprint density at radius 1 is 1.38 bits per heavy atom. The Morgan fingerprint density at radius 2 is 2.06 bits per heavy atom. The van der Waals surface area contributed by atoms with E-state index in [-0.39, 0.29) is 5.91 Å². The van der Waals surface area contributed by atoms with E-state index in [4.69, 9.17) is 4.74 Å². The SMILES string of the molecule is CCNC(=O)CSCc1ccc(OC)cc1. The van der Waals surface area contributed by atoms with E-state index in [1.54, 1.807) is 18.9 Å². The van der Waals surface area contributed by atoms with Gasteiger partial charge in [-0.3, -0.25) is 4.79 Å². The zero-order chi connectivity index (χ0) is 11.8. The first-order chi connectivity index (χ1) is 7.76. The van der Waals surface area contributed by atoms with E-state index in [0.717, 1.165) is 11.5 Å². The highest BCUT2D eigenvalue weighted by molar-refractivity contribution is 7.99. The molecule has 0 aliphatic heterocycles. The summed E-state index contributed by atoms with van der Waals surface area (Å²) in [5, 5.41) is 2.77. The lowest BCUT2D eigenvalue weighted by Crippen LogP contribution is -2.24. The molecular formula is C12H17NO2S. The molecule has 0 aromatic heterocycles. The summed E-state index contributed by atoms with van der Waals surface area (Å²) in [7, 11) is 1.65. The average Bonchev–Trinajstić information content (AvgIpc) is 2.30. The van der Waals surface area contributed by atoms with Gasteiger partial charge in [-0.05, 0) is 24.6 Å². The molecule has 16 heavy (non-hydrogen) atoms. The molecule has 0 fully saturated rings. The van der Waals surface area contributed by atoms with Crippen LogP contribution in [0.15, 0.2) is 24.3 Å². The summed E-state index contributed by atoms with van der Waals surface area (Å²) in [6, 6.07) is 7.90. The molecule has 0 aliphatic rings. The molecule has 0 unspecified atom stereocenters. The quantitative estimate of drug-likeness (QED) is 0.826. The minimum atomic E-state index is 0.0982. The second kappa shape index (κ2) is 7.17. The van der Waals surface area contributed by atoms with Gasteiger partial charge >= 0.3 is 0 Å². The molecular weight excluding hydrogens is 222 g/mol. The first-order valence-corrected chi connectivity index (χ1v) is 6.39. The maximum atomic E-state index is 11.2. The third-order valence-electron chi connectivity index (χ3n) is 2.03. The lowest BCUT2D eigenvalue weighted by Gasteiger charge is -2.04. The van der Waals surface area contributed by atoms with Crippen LogP contribution in [0.2, 0.25) is 0 Å². The van der Waals surface area contributed by atoms with Crippen molar-refractivity contribution in [2.45, 2.75) is 12.7 Å². The molecule has 88 valence electrons. The normalized spacial score (nSPS) is 9.88. The standard InChI is InChI=1S/C12H17NO2S/c1-3-13-12(14)9-16-8-10-4-6-11(15-2)7-5-10/h4-7H,3,8-9H2,1-2H3,(H,13,14). The Kier molecular flexibility index (Phi) is 5.78. The van der Waals surface area contributed by atoms with Crippen molar-refractivity contribution in [3.8, 4) is 5.75 Å². The molecule has 1 rings (SSSR count). The fourth-order valence-electron chi connectivity index (χ4n) is 1.23. The fraction of sp³-hybridized carbons (Fsp3) is 0.417. The molecule has 0 atom stereocenters. The number of carbonyl (C=O) groups is 1. The summed E-state index contributed by atoms with van der Waals surface area (Å²) in [6.07, 6.45) is 0. The lowest BCUT2D eigenvalue weighted by atomic mass is 10.2. The number of rotatable bonds is 6. The van der Waals surface area contributed by atoms with E-state index in [1.165, 1.54) is 5.56 Å². The summed E-state index contributed by atoms with van der Waals surface area (Å²) in [4.78, 5) is 11.2. The van der Waals surface area contributed by atoms with E-state index in [2.05, 4.69) is 5.32 Å². The number of hydrogen-bond donors (Lipinski definition) is 1. The summed E-state index contributed by atoms with van der Waals surface area (Å²) >= 11 is 1.62. The summed E-state index contributed by atoms with van der Waals surface area (Å²) < 4.78 is 5.07. The van der Waals surface area contributed by atoms with Crippen molar-refractivity contribution < 1.29 is 9.53 Å². The predicted octanol–water partition coefficient (Wildman–Crippen LogP) is 2.06. The highest BCUT2D eigenvalue weighted by Crippen LogP contribution is 2.16. The first-order valence-electron chi connectivity index (χ1n) is 5.23. The zero-order valence-corrected chi connectivity index (χ0v) is 10.5. The number of methoxy groups -OCH3 is 1. The molecule has 1 N–H and O–H groups in total. The van der Waals surface area contributed by atoms with Gasteiger partial charge in [-0.1, -0.05) is 12.1 Å². The summed E-state index contributed by atoms with van der Waals surface area (Å²) in [5.74, 6) is 2.32. The average molecular weight is 239 g/mol. The van der Waals surface area contributed by atoms with Gasteiger partial charge in [0.25, 0.3) is 0 Å². The molecule has 0 saturated heterocycles. The monoisotopic (exact) mass is 239 g/mol. The van der Waals surface area contributed by atoms with Crippen LogP contribution in [0, 0.1) is 0 Å². The van der Waals surface area contributed by atoms with Crippen LogP contribution >= 0.6 is 11.8 Å². The van der Waals surface area contributed by atoms with Crippen molar-refractivity contribution in [1.82, 2.24) is 5.32 Å². The van der Waals surface area contributed by atoms with Crippen molar-refractivity contribution in [1.29, 1.82) is 0 Å². The Labute approximate surface area is 101 Å². The van der Waals surface area contributed by atoms with Gasteiger partial charge in [-0.15, -0.1) is 11.8 Å².